The van der Waals surface area contributed by atoms with E-state index in [0.29, 0.717) is 22.8 Å². The number of carbonyl (C=O) groups is 1. The van der Waals surface area contributed by atoms with E-state index in [1.54, 1.807) is 18.2 Å². The third-order valence-electron chi connectivity index (χ3n) is 3.93. The second-order valence-corrected chi connectivity index (χ2v) is 5.94. The van der Waals surface area contributed by atoms with Crippen molar-refractivity contribution in [2.45, 2.75) is 6.36 Å². The third kappa shape index (κ3) is 5.02. The molecule has 152 valence electrons. The maximum Gasteiger partial charge on any atom is 0.573 e. The fourth-order valence-electron chi connectivity index (χ4n) is 2.60. The van der Waals surface area contributed by atoms with E-state index >= 15 is 0 Å². The Morgan fingerprint density at radius 2 is 1.83 bits per heavy atom. The number of nitrogens with zero attached hydrogens (tertiary/aromatic N) is 3. The van der Waals surface area contributed by atoms with Gasteiger partial charge in [0.25, 0.3) is 5.91 Å². The van der Waals surface area contributed by atoms with Crippen molar-refractivity contribution in [3.8, 4) is 23.1 Å². The van der Waals surface area contributed by atoms with E-state index in [1.807, 2.05) is 6.07 Å². The topological polar surface area (TPSA) is 99.9 Å². The molecule has 3 aromatic rings. The number of hydrogen-bond acceptors (Lipinski definition) is 6. The van der Waals surface area contributed by atoms with Crippen LogP contribution < -0.4 is 15.4 Å². The van der Waals surface area contributed by atoms with Crippen molar-refractivity contribution < 1.29 is 22.7 Å². The summed E-state index contributed by atoms with van der Waals surface area (Å²) in [6.45, 7) is 0. The van der Waals surface area contributed by atoms with E-state index in [1.165, 1.54) is 43.7 Å². The lowest BCUT2D eigenvalue weighted by Gasteiger charge is -2.11. The van der Waals surface area contributed by atoms with E-state index in [2.05, 4.69) is 25.3 Å². The molecule has 0 spiro atoms. The van der Waals surface area contributed by atoms with Crippen molar-refractivity contribution in [1.29, 1.82) is 5.26 Å². The zero-order valence-electron chi connectivity index (χ0n) is 15.5. The number of nitriles is 1. The highest BCUT2D eigenvalue weighted by molar-refractivity contribution is 5.97. The average Bonchev–Trinajstić information content (AvgIpc) is 2.73. The summed E-state index contributed by atoms with van der Waals surface area (Å²) in [4.78, 5) is 20.1. The van der Waals surface area contributed by atoms with Gasteiger partial charge in [0.1, 0.15) is 17.9 Å². The largest absolute Gasteiger partial charge is 0.573 e. The molecule has 0 unspecified atom stereocenters. The predicted molar refractivity (Wildman–Crippen MR) is 102 cm³/mol. The average molecular weight is 413 g/mol. The van der Waals surface area contributed by atoms with Crippen LogP contribution in [0.2, 0.25) is 0 Å². The van der Waals surface area contributed by atoms with Gasteiger partial charge >= 0.3 is 6.36 Å². The van der Waals surface area contributed by atoms with Crippen molar-refractivity contribution in [2.24, 2.45) is 0 Å². The van der Waals surface area contributed by atoms with Gasteiger partial charge in [-0.2, -0.15) is 5.26 Å². The van der Waals surface area contributed by atoms with Crippen molar-refractivity contribution in [1.82, 2.24) is 15.3 Å². The summed E-state index contributed by atoms with van der Waals surface area (Å²) in [5.74, 6) is -0.323. The summed E-state index contributed by atoms with van der Waals surface area (Å²) >= 11 is 0. The van der Waals surface area contributed by atoms with Gasteiger partial charge in [-0.05, 0) is 36.4 Å². The van der Waals surface area contributed by atoms with Crippen LogP contribution in [0.5, 0.6) is 5.75 Å². The fraction of sp³-hybridized carbons (Fsp3) is 0.100. The molecule has 0 bridgehead atoms. The molecular weight excluding hydrogens is 399 g/mol. The van der Waals surface area contributed by atoms with E-state index < -0.39 is 6.36 Å². The first-order valence-corrected chi connectivity index (χ1v) is 8.50. The van der Waals surface area contributed by atoms with Crippen molar-refractivity contribution in [3.63, 3.8) is 0 Å². The number of halogens is 3. The van der Waals surface area contributed by atoms with Gasteiger partial charge in [0.05, 0.1) is 22.9 Å². The summed E-state index contributed by atoms with van der Waals surface area (Å²) in [5.41, 5.74) is 2.02. The van der Waals surface area contributed by atoms with Gasteiger partial charge in [0.2, 0.25) is 0 Å². The molecule has 1 amide bonds. The molecular formula is C20H14F3N5O2. The maximum absolute atomic E-state index is 12.2. The Labute approximate surface area is 169 Å². The Morgan fingerprint density at radius 3 is 2.47 bits per heavy atom. The molecule has 0 aliphatic carbocycles. The molecule has 0 atom stereocenters. The van der Waals surface area contributed by atoms with E-state index in [9.17, 15) is 23.2 Å². The standard InChI is InChI=1S/C20H14F3N5O2/c1-25-19(29)16-7-2-12(8-13(16)10-24)17-9-18(27-11-26-17)28-14-3-5-15(6-4-14)30-20(21,22)23/h2-9,11H,1H3,(H,25,29)(H,26,27,28). The summed E-state index contributed by atoms with van der Waals surface area (Å²) in [7, 11) is 1.47. The molecule has 2 N–H and O–H groups in total. The highest BCUT2D eigenvalue weighted by atomic mass is 19.4. The molecule has 10 heteroatoms. The minimum Gasteiger partial charge on any atom is -0.406 e. The van der Waals surface area contributed by atoms with Gasteiger partial charge in [-0.25, -0.2) is 9.97 Å². The lowest BCUT2D eigenvalue weighted by atomic mass is 10.0. The SMILES string of the molecule is CNC(=O)c1ccc(-c2cc(Nc3ccc(OC(F)(F)F)cc3)ncn2)cc1C#N. The Balaban J connectivity index is 1.81. The molecule has 0 saturated carbocycles. The summed E-state index contributed by atoms with van der Waals surface area (Å²) < 4.78 is 40.6. The number of aromatic nitrogens is 2. The van der Waals surface area contributed by atoms with Crippen molar-refractivity contribution >= 4 is 17.4 Å². The van der Waals surface area contributed by atoms with Crippen LogP contribution in [0, 0.1) is 11.3 Å². The minimum absolute atomic E-state index is 0.195. The number of benzene rings is 2. The number of nitrogens with one attached hydrogen (secondary N) is 2. The number of hydrogen-bond donors (Lipinski definition) is 2. The zero-order chi connectivity index (χ0) is 21.7. The molecule has 3 rings (SSSR count). The molecule has 1 heterocycles. The highest BCUT2D eigenvalue weighted by Gasteiger charge is 2.30. The lowest BCUT2D eigenvalue weighted by Crippen LogP contribution is -2.19. The highest BCUT2D eigenvalue weighted by Crippen LogP contribution is 2.26. The van der Waals surface area contributed by atoms with Gasteiger partial charge in [-0.1, -0.05) is 6.07 Å². The smallest absolute Gasteiger partial charge is 0.406 e. The van der Waals surface area contributed by atoms with Gasteiger partial charge in [0, 0.05) is 24.4 Å². The van der Waals surface area contributed by atoms with Crippen LogP contribution in [0.25, 0.3) is 11.3 Å². The van der Waals surface area contributed by atoms with Gasteiger partial charge in [0.15, 0.2) is 0 Å². The van der Waals surface area contributed by atoms with Crippen LogP contribution in [-0.2, 0) is 0 Å². The van der Waals surface area contributed by atoms with Crippen LogP contribution in [0.4, 0.5) is 24.7 Å². The summed E-state index contributed by atoms with van der Waals surface area (Å²) in [6, 6.07) is 13.5. The molecule has 0 aliphatic heterocycles. The normalized spacial score (nSPS) is 10.8. The quantitative estimate of drug-likeness (QED) is 0.656. The molecule has 0 saturated heterocycles. The zero-order valence-corrected chi connectivity index (χ0v) is 15.5. The number of ether oxygens (including phenoxy) is 1. The van der Waals surface area contributed by atoms with Crippen LogP contribution in [0.15, 0.2) is 54.9 Å². The number of anilines is 2. The fourth-order valence-corrected chi connectivity index (χ4v) is 2.60. The molecule has 0 fully saturated rings. The van der Waals surface area contributed by atoms with E-state index in [0.717, 1.165) is 0 Å². The number of alkyl halides is 3. The summed E-state index contributed by atoms with van der Waals surface area (Å²) in [6.07, 6.45) is -3.45. The Bertz CT molecular complexity index is 1110. The first-order valence-electron chi connectivity index (χ1n) is 8.50. The molecule has 2 aromatic carbocycles. The minimum atomic E-state index is -4.76. The first-order chi connectivity index (χ1) is 14.3. The van der Waals surface area contributed by atoms with Crippen LogP contribution in [-0.4, -0.2) is 29.3 Å². The monoisotopic (exact) mass is 413 g/mol. The van der Waals surface area contributed by atoms with Gasteiger partial charge in [-0.3, -0.25) is 4.79 Å². The number of amides is 1. The maximum atomic E-state index is 12.2. The van der Waals surface area contributed by atoms with Crippen LogP contribution in [0.1, 0.15) is 15.9 Å². The molecule has 0 radical (unpaired) electrons. The van der Waals surface area contributed by atoms with Crippen molar-refractivity contribution in [3.05, 3.63) is 66.0 Å². The Morgan fingerprint density at radius 1 is 1.10 bits per heavy atom. The second kappa shape index (κ2) is 8.48. The number of rotatable bonds is 5. The first kappa shape index (κ1) is 20.6. The Hall–Kier alpha value is -4.13. The molecule has 0 aliphatic rings. The Kier molecular flexibility index (Phi) is 5.83. The summed E-state index contributed by atoms with van der Waals surface area (Å²) in [5, 5.41) is 14.7. The van der Waals surface area contributed by atoms with Crippen LogP contribution >= 0.6 is 0 Å². The lowest BCUT2D eigenvalue weighted by molar-refractivity contribution is -0.274. The van der Waals surface area contributed by atoms with E-state index in [-0.39, 0.29) is 22.8 Å². The number of carbonyl (C=O) groups excluding carboxylic acids is 1. The van der Waals surface area contributed by atoms with E-state index in [4.69, 9.17) is 0 Å². The van der Waals surface area contributed by atoms with Crippen LogP contribution in [0.3, 0.4) is 0 Å². The van der Waals surface area contributed by atoms with Gasteiger partial charge < -0.3 is 15.4 Å². The molecule has 7 nitrogen and oxygen atoms in total. The second-order valence-electron chi connectivity index (χ2n) is 5.94. The third-order valence-corrected chi connectivity index (χ3v) is 3.93. The molecule has 30 heavy (non-hydrogen) atoms. The van der Waals surface area contributed by atoms with Crippen molar-refractivity contribution in [2.75, 3.05) is 12.4 Å². The predicted octanol–water partition coefficient (Wildman–Crippen LogP) is 4.02. The molecule has 1 aromatic heterocycles. The van der Waals surface area contributed by atoms with Gasteiger partial charge in [-0.15, -0.1) is 13.2 Å².